The van der Waals surface area contributed by atoms with Gasteiger partial charge in [0.25, 0.3) is 0 Å². The average molecular weight is 670 g/mol. The number of fused-ring (bicyclic) bond motifs is 1. The number of anilines is 1. The second-order valence-corrected chi connectivity index (χ2v) is 14.3. The first-order valence-electron chi connectivity index (χ1n) is 16.6. The number of benzene rings is 1. The Kier molecular flexibility index (Phi) is 10.6. The zero-order valence-electron chi connectivity index (χ0n) is 28.9. The van der Waals surface area contributed by atoms with Crippen molar-refractivity contribution in [2.45, 2.75) is 90.7 Å². The standard InChI is InChI=1S/C35H48FN5O7/c1-21-14-38(28(15-39-22(2)18-46-19-23(39)3)16-40(21)34(45)48-35(5,6)7)17-30(42)41-24(4)20-47-32-29(41)13-26(31(37-32)33(43)44)12-25-8-10-27(36)11-9-25/h8-11,13,21-24,28H,12,14-20H2,1-7H3,(H,43,44)/t21-,22-,23-,24+,28-/m1/s1. The largest absolute Gasteiger partial charge is 0.476 e. The monoisotopic (exact) mass is 669 g/mol. The second kappa shape index (κ2) is 14.4. The second-order valence-electron chi connectivity index (χ2n) is 14.3. The van der Waals surface area contributed by atoms with Crippen LogP contribution in [0.4, 0.5) is 14.9 Å². The van der Waals surface area contributed by atoms with E-state index in [4.69, 9.17) is 14.2 Å². The topological polar surface area (TPSA) is 125 Å². The number of rotatable bonds is 7. The van der Waals surface area contributed by atoms with E-state index >= 15 is 0 Å². The number of ether oxygens (including phenoxy) is 3. The maximum absolute atomic E-state index is 14.3. The summed E-state index contributed by atoms with van der Waals surface area (Å²) in [6.45, 7) is 16.5. The lowest BCUT2D eigenvalue weighted by Gasteiger charge is -2.49. The molecule has 0 unspecified atom stereocenters. The number of amides is 2. The van der Waals surface area contributed by atoms with Gasteiger partial charge in [0.2, 0.25) is 11.8 Å². The summed E-state index contributed by atoms with van der Waals surface area (Å²) in [5, 5.41) is 9.97. The van der Waals surface area contributed by atoms with Crippen LogP contribution in [0.25, 0.3) is 0 Å². The number of aromatic carboxylic acids is 1. The van der Waals surface area contributed by atoms with Crippen molar-refractivity contribution in [3.8, 4) is 5.88 Å². The molecule has 13 heteroatoms. The molecule has 48 heavy (non-hydrogen) atoms. The van der Waals surface area contributed by atoms with Crippen molar-refractivity contribution in [1.29, 1.82) is 0 Å². The highest BCUT2D eigenvalue weighted by Crippen LogP contribution is 2.35. The van der Waals surface area contributed by atoms with E-state index in [0.717, 1.165) is 0 Å². The van der Waals surface area contributed by atoms with Crippen molar-refractivity contribution in [3.63, 3.8) is 0 Å². The van der Waals surface area contributed by atoms with Gasteiger partial charge < -0.3 is 29.1 Å². The Balaban J connectivity index is 1.43. The fourth-order valence-corrected chi connectivity index (χ4v) is 6.78. The third-order valence-electron chi connectivity index (χ3n) is 9.18. The highest BCUT2D eigenvalue weighted by Gasteiger charge is 2.41. The highest BCUT2D eigenvalue weighted by atomic mass is 19.1. The summed E-state index contributed by atoms with van der Waals surface area (Å²) in [6, 6.07) is 7.09. The average Bonchev–Trinajstić information content (AvgIpc) is 2.99. The number of carboxylic acid groups (broad SMARTS) is 1. The van der Waals surface area contributed by atoms with Gasteiger partial charge in [0, 0.05) is 43.8 Å². The lowest BCUT2D eigenvalue weighted by Crippen LogP contribution is -2.65. The van der Waals surface area contributed by atoms with Gasteiger partial charge in [-0.25, -0.2) is 19.0 Å². The van der Waals surface area contributed by atoms with E-state index in [0.29, 0.717) is 49.7 Å². The molecular formula is C35H48FN5O7. The molecule has 5 rings (SSSR count). The van der Waals surface area contributed by atoms with Crippen LogP contribution in [0.5, 0.6) is 5.88 Å². The minimum atomic E-state index is -1.22. The lowest BCUT2D eigenvalue weighted by molar-refractivity contribution is -0.123. The molecule has 4 heterocycles. The van der Waals surface area contributed by atoms with Crippen LogP contribution < -0.4 is 9.64 Å². The maximum atomic E-state index is 14.3. The molecule has 2 fully saturated rings. The summed E-state index contributed by atoms with van der Waals surface area (Å²) in [6.07, 6.45) is -0.195. The zero-order chi connectivity index (χ0) is 34.9. The molecule has 3 aliphatic heterocycles. The van der Waals surface area contributed by atoms with Gasteiger partial charge in [0.05, 0.1) is 25.8 Å². The predicted molar refractivity (Wildman–Crippen MR) is 177 cm³/mol. The van der Waals surface area contributed by atoms with Gasteiger partial charge in [0.1, 0.15) is 23.7 Å². The molecule has 2 amide bonds. The molecule has 0 radical (unpaired) electrons. The van der Waals surface area contributed by atoms with Crippen molar-refractivity contribution in [3.05, 3.63) is 53.0 Å². The fraction of sp³-hybridized carbons (Fsp3) is 0.600. The van der Waals surface area contributed by atoms with Crippen LogP contribution in [0.2, 0.25) is 0 Å². The van der Waals surface area contributed by atoms with Crippen LogP contribution in [-0.4, -0.2) is 125 Å². The molecule has 1 aromatic carbocycles. The summed E-state index contributed by atoms with van der Waals surface area (Å²) in [7, 11) is 0. The number of piperazine rings is 1. The molecule has 262 valence electrons. The number of morpholine rings is 1. The third-order valence-corrected chi connectivity index (χ3v) is 9.18. The molecule has 1 aromatic heterocycles. The quantitative estimate of drug-likeness (QED) is 0.462. The van der Waals surface area contributed by atoms with Crippen LogP contribution >= 0.6 is 0 Å². The van der Waals surface area contributed by atoms with Crippen LogP contribution in [0.1, 0.15) is 70.1 Å². The molecule has 2 aromatic rings. The number of carbonyl (C=O) groups is 3. The van der Waals surface area contributed by atoms with Crippen molar-refractivity contribution in [1.82, 2.24) is 19.7 Å². The van der Waals surface area contributed by atoms with Crippen molar-refractivity contribution >= 4 is 23.7 Å². The minimum Gasteiger partial charge on any atom is -0.476 e. The van der Waals surface area contributed by atoms with Crippen molar-refractivity contribution in [2.75, 3.05) is 50.9 Å². The number of hydrogen-bond donors (Lipinski definition) is 1. The maximum Gasteiger partial charge on any atom is 0.410 e. The normalized spacial score (nSPS) is 25.3. The van der Waals surface area contributed by atoms with Gasteiger partial charge in [-0.05, 0) is 84.2 Å². The Morgan fingerprint density at radius 3 is 2.27 bits per heavy atom. The Bertz CT molecular complexity index is 1490. The number of hydrogen-bond acceptors (Lipinski definition) is 9. The Hall–Kier alpha value is -3.81. The van der Waals surface area contributed by atoms with Crippen LogP contribution in [0.3, 0.4) is 0 Å². The van der Waals surface area contributed by atoms with E-state index in [1.165, 1.54) is 12.1 Å². The highest BCUT2D eigenvalue weighted by molar-refractivity contribution is 5.98. The van der Waals surface area contributed by atoms with E-state index in [1.54, 1.807) is 28.0 Å². The number of nitrogens with zero attached hydrogens (tertiary/aromatic N) is 5. The summed E-state index contributed by atoms with van der Waals surface area (Å²) >= 11 is 0. The fourth-order valence-electron chi connectivity index (χ4n) is 6.78. The van der Waals surface area contributed by atoms with Gasteiger partial charge in [-0.2, -0.15) is 0 Å². The summed E-state index contributed by atoms with van der Waals surface area (Å²) in [4.78, 5) is 52.1. The number of carbonyl (C=O) groups excluding carboxylic acids is 2. The number of pyridine rings is 1. The first kappa shape index (κ1) is 35.5. The summed E-state index contributed by atoms with van der Waals surface area (Å²) < 4.78 is 30.9. The van der Waals surface area contributed by atoms with Crippen molar-refractivity contribution in [2.24, 2.45) is 0 Å². The molecule has 0 saturated carbocycles. The van der Waals surface area contributed by atoms with Gasteiger partial charge in [-0.1, -0.05) is 12.1 Å². The van der Waals surface area contributed by atoms with E-state index < -0.39 is 17.4 Å². The lowest BCUT2D eigenvalue weighted by atomic mass is 10.0. The van der Waals surface area contributed by atoms with Crippen LogP contribution in [0.15, 0.2) is 30.3 Å². The molecule has 0 aliphatic carbocycles. The molecule has 5 atom stereocenters. The smallest absolute Gasteiger partial charge is 0.410 e. The Labute approximate surface area is 281 Å². The van der Waals surface area contributed by atoms with E-state index in [-0.39, 0.29) is 73.4 Å². The van der Waals surface area contributed by atoms with Gasteiger partial charge in [0.15, 0.2) is 5.69 Å². The third kappa shape index (κ3) is 8.07. The Morgan fingerprint density at radius 2 is 1.65 bits per heavy atom. The van der Waals surface area contributed by atoms with E-state index in [2.05, 4.69) is 28.6 Å². The number of halogens is 1. The minimum absolute atomic E-state index is 0.0715. The Morgan fingerprint density at radius 1 is 0.979 bits per heavy atom. The molecule has 12 nitrogen and oxygen atoms in total. The van der Waals surface area contributed by atoms with Gasteiger partial charge in [-0.15, -0.1) is 0 Å². The first-order chi connectivity index (χ1) is 22.6. The van der Waals surface area contributed by atoms with Gasteiger partial charge >= 0.3 is 12.1 Å². The molecule has 3 aliphatic rings. The SMILES string of the molecule is C[C@@H]1CN(CC(=O)N2c3cc(Cc4ccc(F)cc4)c(C(=O)O)nc3OC[C@@H]2C)[C@H](CN2[C@H](C)COC[C@H]2C)CN1C(=O)OC(C)(C)C. The van der Waals surface area contributed by atoms with E-state index in [1.807, 2.05) is 34.6 Å². The molecule has 0 bridgehead atoms. The van der Waals surface area contributed by atoms with Crippen molar-refractivity contribution < 1.29 is 38.1 Å². The number of carboxylic acids is 1. The number of aromatic nitrogens is 1. The molecular weight excluding hydrogens is 621 g/mol. The molecule has 2 saturated heterocycles. The summed E-state index contributed by atoms with van der Waals surface area (Å²) in [5.74, 6) is -1.72. The van der Waals surface area contributed by atoms with Crippen LogP contribution in [-0.2, 0) is 20.7 Å². The molecule has 1 N–H and O–H groups in total. The van der Waals surface area contributed by atoms with E-state index in [9.17, 15) is 23.9 Å². The van der Waals surface area contributed by atoms with Gasteiger partial charge in [-0.3, -0.25) is 14.6 Å². The first-order valence-corrected chi connectivity index (χ1v) is 16.6. The summed E-state index contributed by atoms with van der Waals surface area (Å²) in [5.41, 5.74) is 0.663. The zero-order valence-corrected chi connectivity index (χ0v) is 28.9. The predicted octanol–water partition coefficient (Wildman–Crippen LogP) is 4.04. The van der Waals surface area contributed by atoms with Crippen LogP contribution in [0, 0.1) is 5.82 Å². The molecule has 0 spiro atoms.